The van der Waals surface area contributed by atoms with Gasteiger partial charge in [0, 0.05) is 17.2 Å². The monoisotopic (exact) mass is 409 g/mol. The lowest BCUT2D eigenvalue weighted by Crippen LogP contribution is -2.10. The van der Waals surface area contributed by atoms with Gasteiger partial charge in [-0.25, -0.2) is 9.97 Å². The van der Waals surface area contributed by atoms with E-state index in [1.54, 1.807) is 30.7 Å². The third kappa shape index (κ3) is 2.91. The lowest BCUT2D eigenvalue weighted by atomic mass is 9.97. The number of nitro benzene ring substituents is 1. The minimum atomic E-state index is -0.403. The van der Waals surface area contributed by atoms with Crippen LogP contribution in [-0.4, -0.2) is 25.2 Å². The van der Waals surface area contributed by atoms with E-state index in [0.717, 1.165) is 11.4 Å². The number of nitrogens with zero attached hydrogens (tertiary/aromatic N) is 5. The van der Waals surface area contributed by atoms with Crippen molar-refractivity contribution in [2.45, 2.75) is 13.0 Å². The number of fused-ring (bicyclic) bond motifs is 3. The minimum absolute atomic E-state index is 0.0225. The standard InChI is InChI=1S/C23H15N5O3/c1-3-15-8-9-18-17(10-15)21(16-6-4-5-7-19(16)28(29)30)26-14(2)23-22(25-12-27(18)23)20-11-24-13-31-20/h1,4-14H,2H3/t14-/m0/s1. The fraction of sp³-hybridized carbons (Fsp3) is 0.0870. The molecule has 8 heteroatoms. The van der Waals surface area contributed by atoms with E-state index < -0.39 is 4.92 Å². The van der Waals surface area contributed by atoms with Crippen molar-refractivity contribution in [2.24, 2.45) is 4.99 Å². The van der Waals surface area contributed by atoms with Gasteiger partial charge in [0.05, 0.1) is 39.8 Å². The second-order valence-corrected chi connectivity index (χ2v) is 7.02. The molecule has 1 aliphatic heterocycles. The maximum atomic E-state index is 11.7. The summed E-state index contributed by atoms with van der Waals surface area (Å²) in [6, 6.07) is 11.7. The third-order valence-electron chi connectivity index (χ3n) is 5.22. The molecule has 31 heavy (non-hydrogen) atoms. The van der Waals surface area contributed by atoms with Gasteiger partial charge in [-0.2, -0.15) is 0 Å². The number of nitro groups is 1. The summed E-state index contributed by atoms with van der Waals surface area (Å²) in [7, 11) is 0. The second kappa shape index (κ2) is 7.07. The van der Waals surface area contributed by atoms with Gasteiger partial charge in [-0.15, -0.1) is 6.42 Å². The first-order valence-corrected chi connectivity index (χ1v) is 9.47. The number of para-hydroxylation sites is 1. The number of terminal acetylenes is 1. The van der Waals surface area contributed by atoms with Crippen molar-refractivity contribution < 1.29 is 9.34 Å². The summed E-state index contributed by atoms with van der Waals surface area (Å²) in [5.74, 6) is 3.15. The van der Waals surface area contributed by atoms with E-state index in [-0.39, 0.29) is 11.7 Å². The van der Waals surface area contributed by atoms with Gasteiger partial charge in [0.1, 0.15) is 12.0 Å². The molecule has 1 atom stereocenters. The Morgan fingerprint density at radius 3 is 2.81 bits per heavy atom. The highest BCUT2D eigenvalue weighted by Gasteiger charge is 2.30. The average Bonchev–Trinajstić information content (AvgIpc) is 3.44. The van der Waals surface area contributed by atoms with Crippen LogP contribution in [0.5, 0.6) is 0 Å². The first-order chi connectivity index (χ1) is 15.1. The zero-order valence-corrected chi connectivity index (χ0v) is 16.4. The Bertz CT molecular complexity index is 1390. The summed E-state index contributed by atoms with van der Waals surface area (Å²) in [6.07, 6.45) is 10.3. The van der Waals surface area contributed by atoms with Gasteiger partial charge in [0.15, 0.2) is 12.2 Å². The Kier molecular flexibility index (Phi) is 4.22. The molecule has 0 saturated heterocycles. The molecule has 0 fully saturated rings. The molecule has 150 valence electrons. The van der Waals surface area contributed by atoms with E-state index in [0.29, 0.717) is 33.9 Å². The molecule has 5 rings (SSSR count). The average molecular weight is 409 g/mol. The van der Waals surface area contributed by atoms with Crippen LogP contribution < -0.4 is 0 Å². The predicted octanol–water partition coefficient (Wildman–Crippen LogP) is 4.33. The Morgan fingerprint density at radius 2 is 2.06 bits per heavy atom. The molecule has 2 aromatic heterocycles. The number of aliphatic imine (C=N–C) groups is 1. The zero-order valence-electron chi connectivity index (χ0n) is 16.4. The van der Waals surface area contributed by atoms with Crippen LogP contribution in [0.4, 0.5) is 5.69 Å². The van der Waals surface area contributed by atoms with Crippen molar-refractivity contribution in [3.05, 3.63) is 93.9 Å². The van der Waals surface area contributed by atoms with Crippen molar-refractivity contribution in [1.82, 2.24) is 14.5 Å². The molecule has 0 amide bonds. The van der Waals surface area contributed by atoms with Crippen molar-refractivity contribution in [1.29, 1.82) is 0 Å². The maximum Gasteiger partial charge on any atom is 0.278 e. The van der Waals surface area contributed by atoms with Gasteiger partial charge >= 0.3 is 0 Å². The van der Waals surface area contributed by atoms with Gasteiger partial charge in [-0.05, 0) is 31.2 Å². The van der Waals surface area contributed by atoms with Gasteiger partial charge in [-0.3, -0.25) is 19.7 Å². The molecular formula is C23H15N5O3. The van der Waals surface area contributed by atoms with Crippen LogP contribution in [0.15, 0.2) is 70.8 Å². The Morgan fingerprint density at radius 1 is 1.23 bits per heavy atom. The fourth-order valence-electron chi connectivity index (χ4n) is 3.87. The van der Waals surface area contributed by atoms with Gasteiger partial charge < -0.3 is 4.42 Å². The van der Waals surface area contributed by atoms with Crippen molar-refractivity contribution in [2.75, 3.05) is 0 Å². The summed E-state index contributed by atoms with van der Waals surface area (Å²) < 4.78 is 7.39. The summed E-state index contributed by atoms with van der Waals surface area (Å²) in [4.78, 5) is 24.8. The highest BCUT2D eigenvalue weighted by atomic mass is 16.6. The lowest BCUT2D eigenvalue weighted by Gasteiger charge is -2.12. The third-order valence-corrected chi connectivity index (χ3v) is 5.22. The van der Waals surface area contributed by atoms with Gasteiger partial charge in [0.25, 0.3) is 5.69 Å². The molecular weight excluding hydrogens is 394 g/mol. The first-order valence-electron chi connectivity index (χ1n) is 9.47. The predicted molar refractivity (Wildman–Crippen MR) is 114 cm³/mol. The summed E-state index contributed by atoms with van der Waals surface area (Å²) in [5.41, 5.74) is 4.42. The largest absolute Gasteiger partial charge is 0.442 e. The second-order valence-electron chi connectivity index (χ2n) is 7.02. The number of aromatic nitrogens is 3. The molecule has 8 nitrogen and oxygen atoms in total. The molecule has 3 heterocycles. The highest BCUT2D eigenvalue weighted by Crippen LogP contribution is 2.37. The first kappa shape index (κ1) is 18.5. The minimum Gasteiger partial charge on any atom is -0.442 e. The number of benzene rings is 2. The molecule has 0 aliphatic carbocycles. The molecule has 4 aromatic rings. The number of imidazole rings is 1. The summed E-state index contributed by atoms with van der Waals surface area (Å²) in [6.45, 7) is 1.91. The Hall–Kier alpha value is -4.51. The van der Waals surface area contributed by atoms with Crippen LogP contribution >= 0.6 is 0 Å². The fourth-order valence-corrected chi connectivity index (χ4v) is 3.87. The van der Waals surface area contributed by atoms with Gasteiger partial charge in [0.2, 0.25) is 0 Å². The normalized spacial score (nSPS) is 14.7. The molecule has 2 aromatic carbocycles. The summed E-state index contributed by atoms with van der Waals surface area (Å²) >= 11 is 0. The van der Waals surface area contributed by atoms with Crippen LogP contribution in [-0.2, 0) is 0 Å². The molecule has 1 aliphatic rings. The Labute approximate surface area is 177 Å². The maximum absolute atomic E-state index is 11.7. The van der Waals surface area contributed by atoms with E-state index in [4.69, 9.17) is 15.8 Å². The van der Waals surface area contributed by atoms with E-state index in [2.05, 4.69) is 15.9 Å². The topological polar surface area (TPSA) is 99.3 Å². The quantitative estimate of drug-likeness (QED) is 0.285. The SMILES string of the molecule is C#Cc1ccc2c(c1)C(c1ccccc1[N+](=O)[O-])=N[C@@H](C)c1c(-c3cnco3)ncn1-2. The van der Waals surface area contributed by atoms with Crippen LogP contribution in [0.3, 0.4) is 0 Å². The smallest absolute Gasteiger partial charge is 0.278 e. The van der Waals surface area contributed by atoms with E-state index >= 15 is 0 Å². The van der Waals surface area contributed by atoms with Crippen molar-refractivity contribution in [3.63, 3.8) is 0 Å². The van der Waals surface area contributed by atoms with Crippen LogP contribution in [0, 0.1) is 22.5 Å². The van der Waals surface area contributed by atoms with E-state index in [1.807, 2.05) is 29.7 Å². The molecule has 0 bridgehead atoms. The molecule has 0 N–H and O–H groups in total. The van der Waals surface area contributed by atoms with Crippen LogP contribution in [0.1, 0.15) is 35.3 Å². The molecule has 0 saturated carbocycles. The highest BCUT2D eigenvalue weighted by molar-refractivity contribution is 6.17. The zero-order chi connectivity index (χ0) is 21.5. The van der Waals surface area contributed by atoms with E-state index in [9.17, 15) is 10.1 Å². The summed E-state index contributed by atoms with van der Waals surface area (Å²) in [5, 5.41) is 11.7. The molecule has 0 unspecified atom stereocenters. The molecule has 0 radical (unpaired) electrons. The Balaban J connectivity index is 1.83. The van der Waals surface area contributed by atoms with Crippen LogP contribution in [0.2, 0.25) is 0 Å². The number of hydrogen-bond acceptors (Lipinski definition) is 6. The lowest BCUT2D eigenvalue weighted by molar-refractivity contribution is -0.385. The number of oxazole rings is 1. The van der Waals surface area contributed by atoms with Gasteiger partial charge in [-0.1, -0.05) is 18.1 Å². The molecule has 0 spiro atoms. The van der Waals surface area contributed by atoms with E-state index in [1.165, 1.54) is 12.5 Å². The van der Waals surface area contributed by atoms with Crippen LogP contribution in [0.25, 0.3) is 17.1 Å². The van der Waals surface area contributed by atoms with Crippen molar-refractivity contribution in [3.8, 4) is 29.5 Å². The number of rotatable bonds is 3. The number of hydrogen-bond donors (Lipinski definition) is 0. The van der Waals surface area contributed by atoms with Crippen molar-refractivity contribution >= 4 is 11.4 Å².